The van der Waals surface area contributed by atoms with Gasteiger partial charge in [-0.05, 0) is 43.0 Å². The Balaban J connectivity index is 2.09. The van der Waals surface area contributed by atoms with E-state index in [2.05, 4.69) is 13.8 Å². The molecule has 1 aliphatic heterocycles. The van der Waals surface area contributed by atoms with Crippen molar-refractivity contribution in [3.8, 4) is 5.75 Å². The van der Waals surface area contributed by atoms with Crippen LogP contribution in [0.3, 0.4) is 0 Å². The second kappa shape index (κ2) is 6.77. The van der Waals surface area contributed by atoms with Crippen molar-refractivity contribution in [3.05, 3.63) is 24.3 Å². The monoisotopic (exact) mass is 313 g/mol. The minimum atomic E-state index is -3.53. The summed E-state index contributed by atoms with van der Waals surface area (Å²) in [5.41, 5.74) is 0. The molecule has 6 heteroatoms. The van der Waals surface area contributed by atoms with Crippen molar-refractivity contribution in [2.45, 2.75) is 37.7 Å². The standard InChI is InChI=1S/C15H23NO4S/c1-12(2)11-20-14-5-7-15(8-6-14)21(18,19)16-9-3-4-13(17)10-16/h5-8,12-13,17H,3-4,9-11H2,1-2H3/t13-/m0/s1. The molecule has 1 saturated heterocycles. The van der Waals surface area contributed by atoms with Crippen LogP contribution in [0.5, 0.6) is 5.75 Å². The summed E-state index contributed by atoms with van der Waals surface area (Å²) in [5, 5.41) is 9.63. The van der Waals surface area contributed by atoms with E-state index in [1.807, 2.05) is 0 Å². The van der Waals surface area contributed by atoms with Crippen molar-refractivity contribution >= 4 is 10.0 Å². The lowest BCUT2D eigenvalue weighted by molar-refractivity contribution is 0.108. The highest BCUT2D eigenvalue weighted by atomic mass is 32.2. The molecule has 1 aliphatic rings. The largest absolute Gasteiger partial charge is 0.493 e. The number of rotatable bonds is 5. The molecular formula is C15H23NO4S. The van der Waals surface area contributed by atoms with E-state index in [9.17, 15) is 13.5 Å². The van der Waals surface area contributed by atoms with Gasteiger partial charge in [0, 0.05) is 13.1 Å². The third-order valence-electron chi connectivity index (χ3n) is 3.40. The maximum atomic E-state index is 12.5. The van der Waals surface area contributed by atoms with Gasteiger partial charge in [0.15, 0.2) is 0 Å². The zero-order valence-electron chi connectivity index (χ0n) is 12.5. The molecule has 1 atom stereocenters. The molecule has 21 heavy (non-hydrogen) atoms. The van der Waals surface area contributed by atoms with Crippen LogP contribution in [0.4, 0.5) is 0 Å². The first-order valence-electron chi connectivity index (χ1n) is 7.30. The maximum absolute atomic E-state index is 12.5. The summed E-state index contributed by atoms with van der Waals surface area (Å²) < 4.78 is 31.9. The molecular weight excluding hydrogens is 290 g/mol. The molecule has 5 nitrogen and oxygen atoms in total. The van der Waals surface area contributed by atoms with Gasteiger partial charge in [0.2, 0.25) is 10.0 Å². The molecule has 1 aromatic rings. The fourth-order valence-electron chi connectivity index (χ4n) is 2.26. The Morgan fingerprint density at radius 3 is 2.57 bits per heavy atom. The number of β-amino-alcohol motifs (C(OH)–C–C–N with tert-alkyl or cyclic N) is 1. The smallest absolute Gasteiger partial charge is 0.243 e. The summed E-state index contributed by atoms with van der Waals surface area (Å²) in [4.78, 5) is 0.244. The number of aliphatic hydroxyl groups is 1. The van der Waals surface area contributed by atoms with Crippen LogP contribution in [0.15, 0.2) is 29.2 Å². The Bertz CT molecular complexity index is 554. The quantitative estimate of drug-likeness (QED) is 0.901. The number of ether oxygens (including phenoxy) is 1. The first kappa shape index (κ1) is 16.3. The minimum Gasteiger partial charge on any atom is -0.493 e. The topological polar surface area (TPSA) is 66.8 Å². The molecule has 1 heterocycles. The van der Waals surface area contributed by atoms with E-state index >= 15 is 0 Å². The molecule has 0 bridgehead atoms. The number of nitrogens with zero attached hydrogens (tertiary/aromatic N) is 1. The van der Waals surface area contributed by atoms with Gasteiger partial charge in [0.25, 0.3) is 0 Å². The maximum Gasteiger partial charge on any atom is 0.243 e. The number of piperidine rings is 1. The Morgan fingerprint density at radius 1 is 1.33 bits per heavy atom. The van der Waals surface area contributed by atoms with Crippen LogP contribution in [0.25, 0.3) is 0 Å². The fraction of sp³-hybridized carbons (Fsp3) is 0.600. The second-order valence-electron chi connectivity index (χ2n) is 5.84. The Morgan fingerprint density at radius 2 is 2.00 bits per heavy atom. The summed E-state index contributed by atoms with van der Waals surface area (Å²) in [6.45, 7) is 5.35. The lowest BCUT2D eigenvalue weighted by Gasteiger charge is -2.29. The van der Waals surface area contributed by atoms with E-state index in [4.69, 9.17) is 4.74 Å². The zero-order chi connectivity index (χ0) is 15.5. The SMILES string of the molecule is CC(C)COc1ccc(S(=O)(=O)N2CCC[C@H](O)C2)cc1. The van der Waals surface area contributed by atoms with Crippen molar-refractivity contribution in [3.63, 3.8) is 0 Å². The van der Waals surface area contributed by atoms with Crippen LogP contribution in [0, 0.1) is 5.92 Å². The summed E-state index contributed by atoms with van der Waals surface area (Å²) in [5.74, 6) is 1.09. The number of aliphatic hydroxyl groups excluding tert-OH is 1. The number of sulfonamides is 1. The molecule has 0 spiro atoms. The number of benzene rings is 1. The van der Waals surface area contributed by atoms with E-state index in [1.54, 1.807) is 24.3 Å². The first-order chi connectivity index (χ1) is 9.89. The third-order valence-corrected chi connectivity index (χ3v) is 5.28. The lowest BCUT2D eigenvalue weighted by atomic mass is 10.1. The van der Waals surface area contributed by atoms with Crippen LogP contribution in [-0.2, 0) is 10.0 Å². The predicted octanol–water partition coefficient (Wildman–Crippen LogP) is 1.87. The van der Waals surface area contributed by atoms with E-state index in [0.717, 1.165) is 0 Å². The number of hydrogen-bond acceptors (Lipinski definition) is 4. The molecule has 0 aromatic heterocycles. The van der Waals surface area contributed by atoms with Gasteiger partial charge in [-0.25, -0.2) is 8.42 Å². The van der Waals surface area contributed by atoms with E-state index in [-0.39, 0.29) is 11.4 Å². The first-order valence-corrected chi connectivity index (χ1v) is 8.74. The van der Waals surface area contributed by atoms with Crippen LogP contribution in [0.2, 0.25) is 0 Å². The van der Waals surface area contributed by atoms with Crippen molar-refractivity contribution < 1.29 is 18.3 Å². The van der Waals surface area contributed by atoms with E-state index in [1.165, 1.54) is 4.31 Å². The lowest BCUT2D eigenvalue weighted by Crippen LogP contribution is -2.42. The highest BCUT2D eigenvalue weighted by Crippen LogP contribution is 2.23. The minimum absolute atomic E-state index is 0.175. The van der Waals surface area contributed by atoms with Gasteiger partial charge >= 0.3 is 0 Å². The molecule has 0 radical (unpaired) electrons. The Kier molecular flexibility index (Phi) is 5.24. The molecule has 0 unspecified atom stereocenters. The van der Waals surface area contributed by atoms with Gasteiger partial charge in [-0.15, -0.1) is 0 Å². The summed E-state index contributed by atoms with van der Waals surface area (Å²) >= 11 is 0. The predicted molar refractivity (Wildman–Crippen MR) is 80.8 cm³/mol. The molecule has 118 valence electrons. The Hall–Kier alpha value is -1.11. The van der Waals surface area contributed by atoms with Crippen LogP contribution >= 0.6 is 0 Å². The van der Waals surface area contributed by atoms with Gasteiger partial charge in [0.1, 0.15) is 5.75 Å². The van der Waals surface area contributed by atoms with Crippen molar-refractivity contribution in [1.29, 1.82) is 0 Å². The van der Waals surface area contributed by atoms with Crippen LogP contribution < -0.4 is 4.74 Å². The highest BCUT2D eigenvalue weighted by Gasteiger charge is 2.29. The van der Waals surface area contributed by atoms with Gasteiger partial charge in [-0.1, -0.05) is 13.8 Å². The zero-order valence-corrected chi connectivity index (χ0v) is 13.3. The van der Waals surface area contributed by atoms with Crippen molar-refractivity contribution in [1.82, 2.24) is 4.31 Å². The highest BCUT2D eigenvalue weighted by molar-refractivity contribution is 7.89. The van der Waals surface area contributed by atoms with Crippen LogP contribution in [0.1, 0.15) is 26.7 Å². The van der Waals surface area contributed by atoms with Gasteiger partial charge in [0.05, 0.1) is 17.6 Å². The molecule has 0 aliphatic carbocycles. The van der Waals surface area contributed by atoms with Crippen LogP contribution in [-0.4, -0.2) is 43.6 Å². The average molecular weight is 313 g/mol. The Labute approximate surface area is 126 Å². The van der Waals surface area contributed by atoms with Crippen molar-refractivity contribution in [2.24, 2.45) is 5.92 Å². The average Bonchev–Trinajstić information content (AvgIpc) is 2.45. The third kappa shape index (κ3) is 4.18. The summed E-state index contributed by atoms with van der Waals surface area (Å²) in [6, 6.07) is 6.48. The number of hydrogen-bond donors (Lipinski definition) is 1. The molecule has 1 fully saturated rings. The van der Waals surface area contributed by atoms with E-state index < -0.39 is 16.1 Å². The van der Waals surface area contributed by atoms with E-state index in [0.29, 0.717) is 37.7 Å². The molecule has 1 N–H and O–H groups in total. The van der Waals surface area contributed by atoms with Crippen molar-refractivity contribution in [2.75, 3.05) is 19.7 Å². The fourth-order valence-corrected chi connectivity index (χ4v) is 3.77. The molecule has 2 rings (SSSR count). The summed E-state index contributed by atoms with van der Waals surface area (Å²) in [7, 11) is -3.53. The molecule has 0 saturated carbocycles. The van der Waals surface area contributed by atoms with Gasteiger partial charge in [-0.3, -0.25) is 0 Å². The van der Waals surface area contributed by atoms with Gasteiger partial charge < -0.3 is 9.84 Å². The summed E-state index contributed by atoms with van der Waals surface area (Å²) in [6.07, 6.45) is 0.784. The second-order valence-corrected chi connectivity index (χ2v) is 7.77. The molecule has 1 aromatic carbocycles. The van der Waals surface area contributed by atoms with Gasteiger partial charge in [-0.2, -0.15) is 4.31 Å². The molecule has 0 amide bonds. The normalized spacial score (nSPS) is 20.7.